The van der Waals surface area contributed by atoms with Crippen molar-refractivity contribution in [1.82, 2.24) is 9.55 Å². The molecule has 1 aromatic carbocycles. The smallest absolute Gasteiger partial charge is 0.140 e. The van der Waals surface area contributed by atoms with Crippen molar-refractivity contribution in [3.05, 3.63) is 65.0 Å². The van der Waals surface area contributed by atoms with Gasteiger partial charge in [-0.2, -0.15) is 0 Å². The minimum Gasteiger partial charge on any atom is -0.328 e. The Bertz CT molecular complexity index is 736. The molecule has 0 saturated carbocycles. The van der Waals surface area contributed by atoms with Crippen LogP contribution in [0.4, 0.5) is 0 Å². The molecule has 2 heterocycles. The average molecular weight is 265 g/mol. The second-order valence-electron chi connectivity index (χ2n) is 5.23. The highest BCUT2D eigenvalue weighted by Gasteiger charge is 2.10. The number of fused-ring (bicyclic) bond motifs is 1. The zero-order valence-corrected chi connectivity index (χ0v) is 11.9. The molecule has 0 unspecified atom stereocenters. The lowest BCUT2D eigenvalue weighted by Gasteiger charge is -2.11. The highest BCUT2D eigenvalue weighted by molar-refractivity contribution is 5.80. The Labute approximate surface area is 119 Å². The standard InChI is InChI=1S/C17H19N3/c1-12-5-3-6-13(2)16(12)11-20-10-14(9-18)15-7-4-8-19-17(15)20/h3-8,10H,9,11,18H2,1-2H3. The van der Waals surface area contributed by atoms with Crippen molar-refractivity contribution in [1.29, 1.82) is 0 Å². The van der Waals surface area contributed by atoms with Crippen LogP contribution in [0.25, 0.3) is 11.0 Å². The summed E-state index contributed by atoms with van der Waals surface area (Å²) in [5, 5.41) is 1.15. The molecule has 3 rings (SSSR count). The fourth-order valence-electron chi connectivity index (χ4n) is 2.75. The number of pyridine rings is 1. The van der Waals surface area contributed by atoms with Gasteiger partial charge in [0, 0.05) is 30.9 Å². The molecule has 2 N–H and O–H groups in total. The van der Waals surface area contributed by atoms with Crippen molar-refractivity contribution >= 4 is 11.0 Å². The summed E-state index contributed by atoms with van der Waals surface area (Å²) in [6, 6.07) is 10.5. The average Bonchev–Trinajstić information content (AvgIpc) is 2.81. The minimum atomic E-state index is 0.544. The normalized spacial score (nSPS) is 11.2. The van der Waals surface area contributed by atoms with Gasteiger partial charge in [0.15, 0.2) is 0 Å². The molecule has 102 valence electrons. The van der Waals surface area contributed by atoms with Gasteiger partial charge in [0.25, 0.3) is 0 Å². The van der Waals surface area contributed by atoms with E-state index in [0.29, 0.717) is 6.54 Å². The van der Waals surface area contributed by atoms with E-state index in [0.717, 1.165) is 23.1 Å². The Hall–Kier alpha value is -2.13. The van der Waals surface area contributed by atoms with Crippen LogP contribution in [0.1, 0.15) is 22.3 Å². The fourth-order valence-corrected chi connectivity index (χ4v) is 2.75. The van der Waals surface area contributed by atoms with Gasteiger partial charge in [-0.25, -0.2) is 4.98 Å². The first-order chi connectivity index (χ1) is 9.70. The molecule has 0 atom stereocenters. The lowest BCUT2D eigenvalue weighted by atomic mass is 10.0. The Morgan fingerprint density at radius 2 is 1.85 bits per heavy atom. The van der Waals surface area contributed by atoms with E-state index in [1.807, 2.05) is 12.3 Å². The van der Waals surface area contributed by atoms with Crippen LogP contribution in [0.3, 0.4) is 0 Å². The third kappa shape index (κ3) is 2.10. The molecule has 0 aliphatic rings. The molecule has 0 bridgehead atoms. The van der Waals surface area contributed by atoms with Crippen LogP contribution in [-0.2, 0) is 13.1 Å². The number of rotatable bonds is 3. The second-order valence-corrected chi connectivity index (χ2v) is 5.23. The van der Waals surface area contributed by atoms with Gasteiger partial charge < -0.3 is 10.3 Å². The van der Waals surface area contributed by atoms with Crippen molar-refractivity contribution in [2.75, 3.05) is 0 Å². The first-order valence-electron chi connectivity index (χ1n) is 6.88. The molecule has 0 fully saturated rings. The molecule has 2 aromatic heterocycles. The molecule has 0 saturated heterocycles. The van der Waals surface area contributed by atoms with Crippen LogP contribution in [-0.4, -0.2) is 9.55 Å². The van der Waals surface area contributed by atoms with Crippen LogP contribution < -0.4 is 5.73 Å². The third-order valence-corrected chi connectivity index (χ3v) is 3.91. The van der Waals surface area contributed by atoms with Crippen molar-refractivity contribution in [2.24, 2.45) is 5.73 Å². The molecular weight excluding hydrogens is 246 g/mol. The quantitative estimate of drug-likeness (QED) is 0.790. The predicted octanol–water partition coefficient (Wildman–Crippen LogP) is 3.16. The molecule has 0 amide bonds. The molecule has 0 aliphatic heterocycles. The maximum absolute atomic E-state index is 5.84. The van der Waals surface area contributed by atoms with Crippen molar-refractivity contribution in [2.45, 2.75) is 26.9 Å². The monoisotopic (exact) mass is 265 g/mol. The minimum absolute atomic E-state index is 0.544. The highest BCUT2D eigenvalue weighted by Crippen LogP contribution is 2.22. The van der Waals surface area contributed by atoms with E-state index in [1.54, 1.807) is 0 Å². The zero-order valence-electron chi connectivity index (χ0n) is 11.9. The Kier molecular flexibility index (Phi) is 3.28. The molecule has 3 heteroatoms. The van der Waals surface area contributed by atoms with E-state index in [9.17, 15) is 0 Å². The van der Waals surface area contributed by atoms with Gasteiger partial charge in [-0.1, -0.05) is 18.2 Å². The van der Waals surface area contributed by atoms with E-state index in [1.165, 1.54) is 16.7 Å². The highest BCUT2D eigenvalue weighted by atomic mass is 15.0. The van der Waals surface area contributed by atoms with Crippen LogP contribution >= 0.6 is 0 Å². The van der Waals surface area contributed by atoms with Gasteiger partial charge in [0.05, 0.1) is 0 Å². The SMILES string of the molecule is Cc1cccc(C)c1Cn1cc(CN)c2cccnc21. The lowest BCUT2D eigenvalue weighted by molar-refractivity contribution is 0.807. The van der Waals surface area contributed by atoms with E-state index < -0.39 is 0 Å². The van der Waals surface area contributed by atoms with E-state index in [-0.39, 0.29) is 0 Å². The molecule has 0 radical (unpaired) electrons. The number of hydrogen-bond acceptors (Lipinski definition) is 2. The largest absolute Gasteiger partial charge is 0.328 e. The first kappa shape index (κ1) is 12.9. The summed E-state index contributed by atoms with van der Waals surface area (Å²) >= 11 is 0. The number of hydrogen-bond donors (Lipinski definition) is 1. The second kappa shape index (κ2) is 5.10. The number of aryl methyl sites for hydroxylation is 2. The Morgan fingerprint density at radius 3 is 2.55 bits per heavy atom. The molecule has 20 heavy (non-hydrogen) atoms. The van der Waals surface area contributed by atoms with Crippen LogP contribution in [0.5, 0.6) is 0 Å². The summed E-state index contributed by atoms with van der Waals surface area (Å²) in [7, 11) is 0. The zero-order chi connectivity index (χ0) is 14.1. The van der Waals surface area contributed by atoms with E-state index in [2.05, 4.69) is 53.9 Å². The summed E-state index contributed by atoms with van der Waals surface area (Å²) in [5.74, 6) is 0. The first-order valence-corrected chi connectivity index (χ1v) is 6.88. The summed E-state index contributed by atoms with van der Waals surface area (Å²) < 4.78 is 2.20. The van der Waals surface area contributed by atoms with Crippen LogP contribution in [0, 0.1) is 13.8 Å². The summed E-state index contributed by atoms with van der Waals surface area (Å²) in [5.41, 5.74) is 12.0. The van der Waals surface area contributed by atoms with Gasteiger partial charge in [-0.3, -0.25) is 0 Å². The summed E-state index contributed by atoms with van der Waals surface area (Å²) in [4.78, 5) is 4.51. The van der Waals surface area contributed by atoms with E-state index >= 15 is 0 Å². The number of nitrogens with two attached hydrogens (primary N) is 1. The molecule has 3 aromatic rings. The third-order valence-electron chi connectivity index (χ3n) is 3.91. The lowest BCUT2D eigenvalue weighted by Crippen LogP contribution is -2.03. The molecular formula is C17H19N3. The fraction of sp³-hybridized carbons (Fsp3) is 0.235. The van der Waals surface area contributed by atoms with Crippen molar-refractivity contribution in [3.63, 3.8) is 0 Å². The van der Waals surface area contributed by atoms with Crippen molar-refractivity contribution in [3.8, 4) is 0 Å². The molecule has 0 aliphatic carbocycles. The Balaban J connectivity index is 2.12. The van der Waals surface area contributed by atoms with E-state index in [4.69, 9.17) is 5.73 Å². The van der Waals surface area contributed by atoms with Gasteiger partial charge >= 0.3 is 0 Å². The van der Waals surface area contributed by atoms with Crippen molar-refractivity contribution < 1.29 is 0 Å². The Morgan fingerprint density at radius 1 is 1.10 bits per heavy atom. The number of nitrogens with zero attached hydrogens (tertiary/aromatic N) is 2. The molecule has 3 nitrogen and oxygen atoms in total. The number of benzene rings is 1. The maximum Gasteiger partial charge on any atom is 0.140 e. The van der Waals surface area contributed by atoms with Gasteiger partial charge in [-0.05, 0) is 48.2 Å². The van der Waals surface area contributed by atoms with Crippen LogP contribution in [0.15, 0.2) is 42.7 Å². The maximum atomic E-state index is 5.84. The predicted molar refractivity (Wildman–Crippen MR) is 82.6 cm³/mol. The summed E-state index contributed by atoms with van der Waals surface area (Å²) in [6.07, 6.45) is 3.97. The summed E-state index contributed by atoms with van der Waals surface area (Å²) in [6.45, 7) is 5.70. The van der Waals surface area contributed by atoms with Crippen LogP contribution in [0.2, 0.25) is 0 Å². The molecule has 0 spiro atoms. The number of aromatic nitrogens is 2. The van der Waals surface area contributed by atoms with Gasteiger partial charge in [-0.15, -0.1) is 0 Å². The topological polar surface area (TPSA) is 43.8 Å². The van der Waals surface area contributed by atoms with Gasteiger partial charge in [0.2, 0.25) is 0 Å². The van der Waals surface area contributed by atoms with Gasteiger partial charge in [0.1, 0.15) is 5.65 Å².